The SMILES string of the molecule is C=CCO[C@@]12Oc3ccc(OC(=O)NCc4ccccc4)cc3[C@H]3[C@H](CCCCO)[C@@H](CCCCO)C=C(C(=NOC4CCCCO4)C[C@@H]1N(Cc1ccc(F)cc1)C(=O)OC)[C@H]32. The van der Waals surface area contributed by atoms with Crippen LogP contribution in [-0.4, -0.2) is 84.7 Å². The molecule has 4 aliphatic rings. The Morgan fingerprint density at radius 3 is 2.49 bits per heavy atom. The summed E-state index contributed by atoms with van der Waals surface area (Å²) in [5, 5.41) is 27.6. The standard InChI is InChI=1S/C49H60FN3O10/c1-3-26-60-49-43(53(48(57)58-2)32-34-18-20-36(50)21-19-34)30-41(52-63-44-17-9-12-27-59-44)39-28-35(15-7-10-24-54)38(16-8-11-25-55)45(46(39)49)40-29-37(22-23-42(40)62-49)61-47(56)51-31-33-13-5-4-6-14-33/h3-6,13-14,18-23,28-29,35,38,43-46,54-55H,1,7-12,15-17,24-27,30-32H2,2H3,(H,51,56)/t35-,38+,43-,44?,45+,46+,49+/m0/s1. The van der Waals surface area contributed by atoms with Crippen molar-refractivity contribution in [2.24, 2.45) is 22.9 Å². The van der Waals surface area contributed by atoms with Crippen LogP contribution in [0.3, 0.4) is 0 Å². The van der Waals surface area contributed by atoms with Gasteiger partial charge in [-0.1, -0.05) is 72.6 Å². The molecule has 0 radical (unpaired) electrons. The van der Waals surface area contributed by atoms with Crippen molar-refractivity contribution in [3.05, 3.63) is 120 Å². The molecule has 0 bridgehead atoms. The minimum atomic E-state index is -1.56. The van der Waals surface area contributed by atoms with E-state index in [1.54, 1.807) is 35.2 Å². The molecule has 3 N–H and O–H groups in total. The first kappa shape index (κ1) is 45.7. The fourth-order valence-corrected chi connectivity index (χ4v) is 9.75. The lowest BCUT2D eigenvalue weighted by Gasteiger charge is -2.59. The summed E-state index contributed by atoms with van der Waals surface area (Å²) in [5.41, 5.74) is 3.80. The van der Waals surface area contributed by atoms with Crippen LogP contribution in [0, 0.1) is 23.6 Å². The lowest BCUT2D eigenvalue weighted by Crippen LogP contribution is -2.70. The van der Waals surface area contributed by atoms with E-state index >= 15 is 0 Å². The summed E-state index contributed by atoms with van der Waals surface area (Å²) in [4.78, 5) is 35.2. The fourth-order valence-electron chi connectivity index (χ4n) is 9.75. The van der Waals surface area contributed by atoms with Crippen LogP contribution < -0.4 is 14.8 Å². The number of methoxy groups -OCH3 is 1. The van der Waals surface area contributed by atoms with Gasteiger partial charge in [-0.3, -0.25) is 4.90 Å². The molecule has 63 heavy (non-hydrogen) atoms. The second-order valence-electron chi connectivity index (χ2n) is 16.6. The number of hydrogen-bond donors (Lipinski definition) is 3. The number of hydrogen-bond acceptors (Lipinski definition) is 11. The number of benzene rings is 3. The highest BCUT2D eigenvalue weighted by Crippen LogP contribution is 2.62. The monoisotopic (exact) mass is 869 g/mol. The number of nitrogens with zero attached hydrogens (tertiary/aromatic N) is 2. The van der Waals surface area contributed by atoms with Gasteiger partial charge < -0.3 is 44.1 Å². The average Bonchev–Trinajstić information content (AvgIpc) is 3.31. The molecule has 2 heterocycles. The van der Waals surface area contributed by atoms with Crippen molar-refractivity contribution in [3.8, 4) is 11.5 Å². The summed E-state index contributed by atoms with van der Waals surface area (Å²) < 4.78 is 45.8. The Balaban J connectivity index is 1.40. The molecule has 0 aromatic heterocycles. The Kier molecular flexibility index (Phi) is 15.9. The van der Waals surface area contributed by atoms with E-state index in [1.807, 2.05) is 36.4 Å². The molecule has 13 nitrogen and oxygen atoms in total. The van der Waals surface area contributed by atoms with Crippen LogP contribution in [0.2, 0.25) is 0 Å². The van der Waals surface area contributed by atoms with Crippen LogP contribution in [0.5, 0.6) is 11.5 Å². The van der Waals surface area contributed by atoms with Crippen LogP contribution in [-0.2, 0) is 32.1 Å². The van der Waals surface area contributed by atoms with Crippen LogP contribution in [0.15, 0.2) is 102 Å². The first-order valence-electron chi connectivity index (χ1n) is 22.2. The maximum Gasteiger partial charge on any atom is 0.412 e. The zero-order valence-corrected chi connectivity index (χ0v) is 36.0. The molecule has 2 amide bonds. The maximum atomic E-state index is 14.2. The van der Waals surface area contributed by atoms with Gasteiger partial charge in [-0.05, 0) is 97.4 Å². The van der Waals surface area contributed by atoms with Gasteiger partial charge in [-0.15, -0.1) is 6.58 Å². The Labute approximate surface area is 368 Å². The highest BCUT2D eigenvalue weighted by molar-refractivity contribution is 6.03. The fraction of sp³-hybridized carbons (Fsp3) is 0.490. The molecule has 2 aliphatic heterocycles. The van der Waals surface area contributed by atoms with Crippen LogP contribution in [0.25, 0.3) is 0 Å². The number of carbonyl (C=O) groups excluding carboxylic acids is 2. The van der Waals surface area contributed by atoms with Crippen molar-refractivity contribution in [2.45, 2.75) is 101 Å². The van der Waals surface area contributed by atoms with E-state index in [9.17, 15) is 24.2 Å². The van der Waals surface area contributed by atoms with Gasteiger partial charge in [0.2, 0.25) is 12.1 Å². The van der Waals surface area contributed by atoms with Crippen LogP contribution in [0.4, 0.5) is 14.0 Å². The smallest absolute Gasteiger partial charge is 0.412 e. The van der Waals surface area contributed by atoms with E-state index in [1.165, 1.54) is 19.2 Å². The molecule has 7 atom stereocenters. The van der Waals surface area contributed by atoms with Gasteiger partial charge >= 0.3 is 12.2 Å². The van der Waals surface area contributed by atoms with Crippen molar-refractivity contribution in [3.63, 3.8) is 0 Å². The number of nitrogens with one attached hydrogen (secondary N) is 1. The van der Waals surface area contributed by atoms with E-state index in [2.05, 4.69) is 18.0 Å². The Morgan fingerprint density at radius 2 is 1.78 bits per heavy atom. The lowest BCUT2D eigenvalue weighted by molar-refractivity contribution is -0.256. The zero-order valence-electron chi connectivity index (χ0n) is 36.0. The van der Waals surface area contributed by atoms with E-state index in [0.29, 0.717) is 48.6 Å². The minimum absolute atomic E-state index is 0.0168. The average molecular weight is 870 g/mol. The number of aliphatic hydroxyl groups is 2. The summed E-state index contributed by atoms with van der Waals surface area (Å²) in [6, 6.07) is 19.9. The van der Waals surface area contributed by atoms with Crippen LogP contribution >= 0.6 is 0 Å². The Bertz CT molecular complexity index is 2060. The van der Waals surface area contributed by atoms with E-state index in [4.69, 9.17) is 33.7 Å². The summed E-state index contributed by atoms with van der Waals surface area (Å²) in [5.74, 6) is -2.23. The third-order valence-electron chi connectivity index (χ3n) is 12.6. The molecule has 1 saturated heterocycles. The molecule has 7 rings (SSSR count). The normalized spacial score (nSPS) is 25.4. The molecule has 2 aliphatic carbocycles. The summed E-state index contributed by atoms with van der Waals surface area (Å²) >= 11 is 0. The molecule has 2 fully saturated rings. The van der Waals surface area contributed by atoms with E-state index in [0.717, 1.165) is 55.2 Å². The van der Waals surface area contributed by atoms with Gasteiger partial charge in [0.05, 0.1) is 32.0 Å². The highest BCUT2D eigenvalue weighted by Gasteiger charge is 2.65. The maximum absolute atomic E-state index is 14.2. The Morgan fingerprint density at radius 1 is 1.00 bits per heavy atom. The highest BCUT2D eigenvalue weighted by atomic mass is 19.1. The number of halogens is 1. The lowest BCUT2D eigenvalue weighted by atomic mass is 9.55. The van der Waals surface area contributed by atoms with Crippen molar-refractivity contribution < 1.29 is 52.7 Å². The molecular weight excluding hydrogens is 810 g/mol. The van der Waals surface area contributed by atoms with Gasteiger partial charge in [-0.2, -0.15) is 0 Å². The van der Waals surface area contributed by atoms with E-state index in [-0.39, 0.29) is 57.1 Å². The third-order valence-corrected chi connectivity index (χ3v) is 12.6. The molecule has 338 valence electrons. The van der Waals surface area contributed by atoms with Crippen molar-refractivity contribution in [1.82, 2.24) is 10.2 Å². The predicted octanol–water partition coefficient (Wildman–Crippen LogP) is 8.54. The number of rotatable bonds is 19. The number of oxime groups is 1. The number of carbonyl (C=O) groups is 2. The topological polar surface area (TPSA) is 158 Å². The van der Waals surface area contributed by atoms with Crippen LogP contribution in [0.1, 0.15) is 86.8 Å². The quantitative estimate of drug-likeness (QED) is 0.0606. The van der Waals surface area contributed by atoms with Crippen molar-refractivity contribution in [1.29, 1.82) is 0 Å². The van der Waals surface area contributed by atoms with Gasteiger partial charge in [0.25, 0.3) is 0 Å². The summed E-state index contributed by atoms with van der Waals surface area (Å²) in [6.07, 6.45) is 8.93. The Hall–Kier alpha value is -5.28. The van der Waals surface area contributed by atoms with Crippen molar-refractivity contribution in [2.75, 3.05) is 33.5 Å². The van der Waals surface area contributed by atoms with Gasteiger partial charge in [0, 0.05) is 50.6 Å². The summed E-state index contributed by atoms with van der Waals surface area (Å²) in [7, 11) is 1.32. The number of fused-ring (bicyclic) bond motifs is 2. The number of aliphatic hydroxyl groups excluding tert-OH is 2. The molecular formula is C49H60FN3O10. The number of amides is 2. The number of allylic oxidation sites excluding steroid dienone is 1. The van der Waals surface area contributed by atoms with Crippen molar-refractivity contribution >= 4 is 17.9 Å². The minimum Gasteiger partial charge on any atom is -0.459 e. The second-order valence-corrected chi connectivity index (χ2v) is 16.6. The molecule has 0 spiro atoms. The van der Waals surface area contributed by atoms with Gasteiger partial charge in [0.15, 0.2) is 0 Å². The molecule has 1 saturated carbocycles. The van der Waals surface area contributed by atoms with Gasteiger partial charge in [-0.25, -0.2) is 14.0 Å². The number of ether oxygens (including phenoxy) is 5. The zero-order chi connectivity index (χ0) is 44.2. The first-order chi connectivity index (χ1) is 30.8. The molecule has 3 aromatic rings. The predicted molar refractivity (Wildman–Crippen MR) is 233 cm³/mol. The first-order valence-corrected chi connectivity index (χ1v) is 22.2. The number of unbranched alkanes of at least 4 members (excludes halogenated alkanes) is 2. The summed E-state index contributed by atoms with van der Waals surface area (Å²) in [6.45, 7) is 5.01. The second kappa shape index (κ2) is 21.9. The third kappa shape index (κ3) is 10.7. The molecule has 14 heteroatoms. The largest absolute Gasteiger partial charge is 0.459 e. The molecule has 1 unspecified atom stereocenters. The van der Waals surface area contributed by atoms with Gasteiger partial charge in [0.1, 0.15) is 23.4 Å². The molecule has 3 aromatic carbocycles. The van der Waals surface area contributed by atoms with E-state index < -0.39 is 42.0 Å².